The van der Waals surface area contributed by atoms with Crippen LogP contribution in [-0.2, 0) is 0 Å². The van der Waals surface area contributed by atoms with E-state index in [-0.39, 0.29) is 31.9 Å². The molecule has 0 spiro atoms. The molecule has 2 aromatic carbocycles. The molecule has 0 aliphatic heterocycles. The van der Waals surface area contributed by atoms with E-state index < -0.39 is 0 Å². The Morgan fingerprint density at radius 1 is 0.926 bits per heavy atom. The SMILES string of the molecule is COc1cc(OC)c(C(=O)PCCC(=O)c2c(Cl)cccc2Cl)c(OC)c1. The zero-order valence-corrected chi connectivity index (χ0v) is 17.6. The maximum absolute atomic E-state index is 12.7. The fourth-order valence-corrected chi connectivity index (χ4v) is 4.11. The minimum atomic E-state index is -0.195. The molecule has 0 fully saturated rings. The van der Waals surface area contributed by atoms with Crippen LogP contribution in [0.4, 0.5) is 0 Å². The van der Waals surface area contributed by atoms with Gasteiger partial charge >= 0.3 is 0 Å². The Kier molecular flexibility index (Phi) is 7.91. The fraction of sp³-hybridized carbons (Fsp3) is 0.263. The molecule has 0 saturated heterocycles. The van der Waals surface area contributed by atoms with Crippen molar-refractivity contribution in [2.24, 2.45) is 0 Å². The Bertz CT molecular complexity index is 809. The van der Waals surface area contributed by atoms with Gasteiger partial charge in [-0.15, -0.1) is 0 Å². The first kappa shape index (κ1) is 21.5. The van der Waals surface area contributed by atoms with Gasteiger partial charge < -0.3 is 14.2 Å². The second-order valence-corrected chi connectivity index (χ2v) is 7.55. The predicted molar refractivity (Wildman–Crippen MR) is 109 cm³/mol. The topological polar surface area (TPSA) is 61.8 Å². The van der Waals surface area contributed by atoms with Gasteiger partial charge in [0, 0.05) is 18.6 Å². The van der Waals surface area contributed by atoms with Gasteiger partial charge in [0.05, 0.1) is 36.9 Å². The van der Waals surface area contributed by atoms with Crippen molar-refractivity contribution in [3.63, 3.8) is 0 Å². The lowest BCUT2D eigenvalue weighted by atomic mass is 10.1. The maximum atomic E-state index is 12.7. The lowest BCUT2D eigenvalue weighted by Gasteiger charge is -2.14. The Labute approximate surface area is 169 Å². The third-order valence-electron chi connectivity index (χ3n) is 3.82. The van der Waals surface area contributed by atoms with Crippen molar-refractivity contribution in [3.05, 3.63) is 51.5 Å². The average Bonchev–Trinajstić information content (AvgIpc) is 2.66. The van der Waals surface area contributed by atoms with Gasteiger partial charge in [0.2, 0.25) is 0 Å². The minimum absolute atomic E-state index is 0.136. The van der Waals surface area contributed by atoms with Gasteiger partial charge in [-0.1, -0.05) is 29.3 Å². The van der Waals surface area contributed by atoms with Crippen LogP contribution in [0.15, 0.2) is 30.3 Å². The van der Waals surface area contributed by atoms with Gasteiger partial charge in [0.25, 0.3) is 0 Å². The van der Waals surface area contributed by atoms with E-state index in [0.717, 1.165) is 0 Å². The molecule has 1 unspecified atom stereocenters. The highest BCUT2D eigenvalue weighted by molar-refractivity contribution is 7.58. The summed E-state index contributed by atoms with van der Waals surface area (Å²) in [7, 11) is 4.32. The largest absolute Gasteiger partial charge is 0.496 e. The molecular weight excluding hydrogens is 410 g/mol. The molecule has 0 saturated carbocycles. The van der Waals surface area contributed by atoms with Crippen molar-refractivity contribution in [3.8, 4) is 17.2 Å². The number of ether oxygens (including phenoxy) is 3. The van der Waals surface area contributed by atoms with Crippen molar-refractivity contribution in [1.29, 1.82) is 0 Å². The molecule has 0 bridgehead atoms. The number of carbonyl (C=O) groups is 2. The third-order valence-corrected chi connectivity index (χ3v) is 5.52. The molecule has 0 heterocycles. The Balaban J connectivity index is 2.11. The first-order valence-corrected chi connectivity index (χ1v) is 9.94. The van der Waals surface area contributed by atoms with Gasteiger partial charge in [-0.2, -0.15) is 0 Å². The van der Waals surface area contributed by atoms with Crippen LogP contribution in [0.3, 0.4) is 0 Å². The number of hydrogen-bond acceptors (Lipinski definition) is 5. The van der Waals surface area contributed by atoms with E-state index in [9.17, 15) is 9.59 Å². The molecule has 0 aliphatic carbocycles. The number of Topliss-reactive ketones (excluding diaryl/α,β-unsaturated/α-hetero) is 1. The summed E-state index contributed by atoms with van der Waals surface area (Å²) in [4.78, 5) is 25.1. The first-order chi connectivity index (χ1) is 12.9. The quantitative estimate of drug-likeness (QED) is 0.410. The fourth-order valence-electron chi connectivity index (χ4n) is 2.50. The van der Waals surface area contributed by atoms with Gasteiger partial charge in [-0.25, -0.2) is 0 Å². The first-order valence-electron chi connectivity index (χ1n) is 7.98. The zero-order valence-electron chi connectivity index (χ0n) is 15.1. The summed E-state index contributed by atoms with van der Waals surface area (Å²) in [6.45, 7) is 0. The van der Waals surface area contributed by atoms with Crippen molar-refractivity contribution in [2.75, 3.05) is 27.5 Å². The molecule has 1 atom stereocenters. The van der Waals surface area contributed by atoms with Gasteiger partial charge in [0.1, 0.15) is 22.8 Å². The Hall–Kier alpha value is -1.81. The number of ketones is 1. The van der Waals surface area contributed by atoms with Crippen molar-refractivity contribution in [2.45, 2.75) is 6.42 Å². The van der Waals surface area contributed by atoms with E-state index in [1.165, 1.54) is 21.3 Å². The summed E-state index contributed by atoms with van der Waals surface area (Å²) in [5.74, 6) is 1.06. The molecule has 8 heteroatoms. The second kappa shape index (κ2) is 9.93. The van der Waals surface area contributed by atoms with Gasteiger partial charge in [-0.3, -0.25) is 9.59 Å². The van der Waals surface area contributed by atoms with Crippen LogP contribution in [0.5, 0.6) is 17.2 Å². The average molecular weight is 429 g/mol. The lowest BCUT2D eigenvalue weighted by molar-refractivity contribution is 0.0989. The monoisotopic (exact) mass is 428 g/mol. The molecule has 27 heavy (non-hydrogen) atoms. The Morgan fingerprint density at radius 2 is 1.48 bits per heavy atom. The van der Waals surface area contributed by atoms with Crippen LogP contribution in [0.25, 0.3) is 0 Å². The number of carbonyl (C=O) groups excluding carboxylic acids is 2. The van der Waals surface area contributed by atoms with Crippen LogP contribution >= 0.6 is 31.8 Å². The predicted octanol–water partition coefficient (Wildman–Crippen LogP) is 5.11. The summed E-state index contributed by atoms with van der Waals surface area (Å²) in [6, 6.07) is 8.14. The van der Waals surface area contributed by atoms with E-state index in [0.29, 0.717) is 39.0 Å². The standard InChI is InChI=1S/C19H19Cl2O5P/c1-24-11-9-15(25-2)18(16(10-11)26-3)19(23)27-8-7-14(22)17-12(20)5-4-6-13(17)21/h4-6,9-10,27H,7-8H2,1-3H3. The van der Waals surface area contributed by atoms with Crippen molar-refractivity contribution >= 4 is 43.1 Å². The smallest absolute Gasteiger partial charge is 0.188 e. The van der Waals surface area contributed by atoms with Crippen LogP contribution in [0.2, 0.25) is 10.0 Å². The molecule has 0 aliphatic rings. The summed E-state index contributed by atoms with van der Waals surface area (Å²) < 4.78 is 15.8. The normalized spacial score (nSPS) is 10.9. The highest BCUT2D eigenvalue weighted by Gasteiger charge is 2.21. The number of methoxy groups -OCH3 is 3. The number of rotatable bonds is 9. The maximum Gasteiger partial charge on any atom is 0.188 e. The zero-order chi connectivity index (χ0) is 20.0. The summed E-state index contributed by atoms with van der Waals surface area (Å²) in [5.41, 5.74) is 0.462. The molecule has 0 radical (unpaired) electrons. The summed E-state index contributed by atoms with van der Waals surface area (Å²) in [6.07, 6.45) is 0.534. The van der Waals surface area contributed by atoms with Crippen LogP contribution < -0.4 is 14.2 Å². The highest BCUT2D eigenvalue weighted by atomic mass is 35.5. The molecule has 2 rings (SSSR count). The van der Waals surface area contributed by atoms with E-state index in [1.54, 1.807) is 30.3 Å². The Morgan fingerprint density at radius 3 is 1.96 bits per heavy atom. The number of benzene rings is 2. The van der Waals surface area contributed by atoms with Gasteiger partial charge in [-0.05, 0) is 26.9 Å². The van der Waals surface area contributed by atoms with Crippen molar-refractivity contribution in [1.82, 2.24) is 0 Å². The highest BCUT2D eigenvalue weighted by Crippen LogP contribution is 2.38. The molecule has 2 aromatic rings. The number of halogens is 2. The molecule has 5 nitrogen and oxygen atoms in total. The molecule has 0 aromatic heterocycles. The third kappa shape index (κ3) is 5.13. The summed E-state index contributed by atoms with van der Waals surface area (Å²) >= 11 is 12.1. The van der Waals surface area contributed by atoms with Crippen LogP contribution in [0.1, 0.15) is 27.1 Å². The number of hydrogen-bond donors (Lipinski definition) is 0. The van der Waals surface area contributed by atoms with Crippen LogP contribution in [-0.4, -0.2) is 38.8 Å². The lowest BCUT2D eigenvalue weighted by Crippen LogP contribution is -2.05. The van der Waals surface area contributed by atoms with E-state index in [2.05, 4.69) is 0 Å². The molecular formula is C19H19Cl2O5P. The molecule has 0 amide bonds. The summed E-state index contributed by atoms with van der Waals surface area (Å²) in [5, 5.41) is 0.612. The van der Waals surface area contributed by atoms with E-state index in [1.807, 2.05) is 0 Å². The van der Waals surface area contributed by atoms with E-state index >= 15 is 0 Å². The van der Waals surface area contributed by atoms with E-state index in [4.69, 9.17) is 37.4 Å². The second-order valence-electron chi connectivity index (χ2n) is 5.43. The van der Waals surface area contributed by atoms with Gasteiger partial charge in [0.15, 0.2) is 11.3 Å². The minimum Gasteiger partial charge on any atom is -0.496 e. The molecule has 0 N–H and O–H groups in total. The van der Waals surface area contributed by atoms with Crippen molar-refractivity contribution < 1.29 is 23.8 Å². The molecule has 144 valence electrons. The van der Waals surface area contributed by atoms with Crippen LogP contribution in [0, 0.1) is 0 Å².